The summed E-state index contributed by atoms with van der Waals surface area (Å²) in [4.78, 5) is 30.5. The first kappa shape index (κ1) is 26.7. The predicted octanol–water partition coefficient (Wildman–Crippen LogP) is 6.28. The molecule has 2 aromatic rings. The van der Waals surface area contributed by atoms with E-state index in [1.54, 1.807) is 0 Å². The molecule has 1 atom stereocenters. The predicted molar refractivity (Wildman–Crippen MR) is 135 cm³/mol. The average Bonchev–Trinajstić information content (AvgIpc) is 3.10. The Bertz CT molecular complexity index is 940. The van der Waals surface area contributed by atoms with E-state index in [4.69, 9.17) is 4.74 Å². The summed E-state index contributed by atoms with van der Waals surface area (Å²) in [6.45, 7) is 17.3. The fraction of sp³-hybridized carbons (Fsp3) is 0.630. The second kappa shape index (κ2) is 11.6. The Morgan fingerprint density at radius 2 is 1.91 bits per heavy atom. The van der Waals surface area contributed by atoms with Crippen molar-refractivity contribution in [3.63, 3.8) is 0 Å². The molecule has 6 heteroatoms. The maximum absolute atomic E-state index is 13.1. The van der Waals surface area contributed by atoms with Crippen LogP contribution in [0.25, 0.3) is 10.9 Å². The second-order valence-electron chi connectivity index (χ2n) is 9.98. The molecule has 0 saturated heterocycles. The van der Waals surface area contributed by atoms with Crippen LogP contribution in [0.4, 0.5) is 4.79 Å². The van der Waals surface area contributed by atoms with Gasteiger partial charge < -0.3 is 19.9 Å². The zero-order valence-corrected chi connectivity index (χ0v) is 21.8. The van der Waals surface area contributed by atoms with Crippen molar-refractivity contribution in [2.75, 3.05) is 13.1 Å². The Balaban J connectivity index is 0.00000187. The smallest absolute Gasteiger partial charge is 0.407 e. The third kappa shape index (κ3) is 6.99. The third-order valence-corrected chi connectivity index (χ3v) is 5.77. The van der Waals surface area contributed by atoms with Gasteiger partial charge in [-0.2, -0.15) is 0 Å². The normalized spacial score (nSPS) is 15.7. The number of ether oxygens (including phenoxy) is 1. The van der Waals surface area contributed by atoms with Gasteiger partial charge in [0, 0.05) is 36.1 Å². The molecule has 3 rings (SSSR count). The van der Waals surface area contributed by atoms with Gasteiger partial charge in [0.25, 0.3) is 0 Å². The number of nitrogens with zero attached hydrogens (tertiary/aromatic N) is 1. The van der Waals surface area contributed by atoms with Gasteiger partial charge in [0.1, 0.15) is 5.60 Å². The zero-order valence-electron chi connectivity index (χ0n) is 21.8. The maximum atomic E-state index is 13.1. The molecule has 6 nitrogen and oxygen atoms in total. The van der Waals surface area contributed by atoms with Gasteiger partial charge in [0.15, 0.2) is 0 Å². The SMILES string of the molecule is CC.Cc1ccc2[nH]c3c(c2c1)CCN(C(=O)CCCCNC(=O)OC(C)(C)C)C3C(C)C. The largest absolute Gasteiger partial charge is 0.444 e. The summed E-state index contributed by atoms with van der Waals surface area (Å²) < 4.78 is 5.24. The van der Waals surface area contributed by atoms with Gasteiger partial charge in [-0.25, -0.2) is 4.79 Å². The number of H-pyrrole nitrogens is 1. The van der Waals surface area contributed by atoms with Crippen LogP contribution in [0.15, 0.2) is 18.2 Å². The maximum Gasteiger partial charge on any atom is 0.407 e. The highest BCUT2D eigenvalue weighted by atomic mass is 16.6. The number of benzene rings is 1. The third-order valence-electron chi connectivity index (χ3n) is 5.77. The summed E-state index contributed by atoms with van der Waals surface area (Å²) in [7, 11) is 0. The fourth-order valence-corrected chi connectivity index (χ4v) is 4.45. The standard InChI is InChI=1S/C25H37N3O3.C2H6/c1-16(2)23-22-18(19-15-17(3)10-11-20(19)27-22)12-14-28(23)21(29)9-7-8-13-26-24(30)31-25(4,5)6;1-2/h10-11,15-16,23,27H,7-9,12-14H2,1-6H3,(H,26,30);1-2H3. The van der Waals surface area contributed by atoms with Crippen molar-refractivity contribution >= 4 is 22.9 Å². The van der Waals surface area contributed by atoms with Gasteiger partial charge in [-0.15, -0.1) is 0 Å². The minimum absolute atomic E-state index is 0.0730. The van der Waals surface area contributed by atoms with Gasteiger partial charge in [-0.1, -0.05) is 39.3 Å². The topological polar surface area (TPSA) is 74.4 Å². The number of aryl methyl sites for hydroxylation is 1. The summed E-state index contributed by atoms with van der Waals surface area (Å²) in [5.74, 6) is 0.516. The zero-order chi connectivity index (χ0) is 24.8. The Kier molecular flexibility index (Phi) is 9.38. The molecule has 1 aromatic heterocycles. The molecule has 1 aliphatic rings. The molecule has 184 valence electrons. The molecule has 0 aliphatic carbocycles. The van der Waals surface area contributed by atoms with Crippen LogP contribution < -0.4 is 5.32 Å². The molecule has 0 saturated carbocycles. The number of aromatic nitrogens is 1. The molecule has 2 heterocycles. The van der Waals surface area contributed by atoms with E-state index < -0.39 is 11.7 Å². The second-order valence-corrected chi connectivity index (χ2v) is 9.98. The highest BCUT2D eigenvalue weighted by molar-refractivity contribution is 5.87. The van der Waals surface area contributed by atoms with E-state index in [9.17, 15) is 9.59 Å². The summed E-state index contributed by atoms with van der Waals surface area (Å²) >= 11 is 0. The van der Waals surface area contributed by atoms with E-state index in [-0.39, 0.29) is 11.9 Å². The van der Waals surface area contributed by atoms with Crippen molar-refractivity contribution in [3.05, 3.63) is 35.0 Å². The van der Waals surface area contributed by atoms with E-state index in [1.165, 1.54) is 22.2 Å². The molecule has 1 aromatic carbocycles. The minimum atomic E-state index is -0.500. The highest BCUT2D eigenvalue weighted by Gasteiger charge is 2.34. The fourth-order valence-electron chi connectivity index (χ4n) is 4.45. The van der Waals surface area contributed by atoms with Crippen LogP contribution >= 0.6 is 0 Å². The van der Waals surface area contributed by atoms with Crippen molar-refractivity contribution in [1.82, 2.24) is 15.2 Å². The lowest BCUT2D eigenvalue weighted by Crippen LogP contribution is -2.42. The molecule has 1 unspecified atom stereocenters. The molecule has 0 spiro atoms. The molecular formula is C27H43N3O3. The summed E-state index contributed by atoms with van der Waals surface area (Å²) in [5.41, 5.74) is 4.47. The van der Waals surface area contributed by atoms with Gasteiger partial charge >= 0.3 is 6.09 Å². The number of hydrogen-bond acceptors (Lipinski definition) is 3. The Hall–Kier alpha value is -2.50. The first-order chi connectivity index (χ1) is 15.6. The molecule has 0 fully saturated rings. The lowest BCUT2D eigenvalue weighted by Gasteiger charge is -2.38. The Morgan fingerprint density at radius 3 is 2.55 bits per heavy atom. The summed E-state index contributed by atoms with van der Waals surface area (Å²) in [6, 6.07) is 6.59. The van der Waals surface area contributed by atoms with E-state index in [1.807, 2.05) is 34.6 Å². The number of alkyl carbamates (subject to hydrolysis) is 1. The van der Waals surface area contributed by atoms with E-state index in [2.05, 4.69) is 54.2 Å². The van der Waals surface area contributed by atoms with Crippen molar-refractivity contribution in [2.24, 2.45) is 5.92 Å². The molecule has 33 heavy (non-hydrogen) atoms. The quantitative estimate of drug-likeness (QED) is 0.501. The molecule has 0 radical (unpaired) electrons. The number of fused-ring (bicyclic) bond motifs is 3. The number of hydrogen-bond donors (Lipinski definition) is 2. The van der Waals surface area contributed by atoms with Gasteiger partial charge in [0.2, 0.25) is 5.91 Å². The Labute approximate surface area is 199 Å². The number of rotatable bonds is 6. The molecule has 0 bridgehead atoms. The van der Waals surface area contributed by atoms with Crippen molar-refractivity contribution in [3.8, 4) is 0 Å². The number of carbonyl (C=O) groups is 2. The average molecular weight is 458 g/mol. The first-order valence-electron chi connectivity index (χ1n) is 12.4. The van der Waals surface area contributed by atoms with Gasteiger partial charge in [-0.05, 0) is 70.6 Å². The van der Waals surface area contributed by atoms with Gasteiger partial charge in [0.05, 0.1) is 6.04 Å². The van der Waals surface area contributed by atoms with Crippen molar-refractivity contribution in [1.29, 1.82) is 0 Å². The van der Waals surface area contributed by atoms with Crippen molar-refractivity contribution in [2.45, 2.75) is 92.7 Å². The first-order valence-corrected chi connectivity index (χ1v) is 12.4. The van der Waals surface area contributed by atoms with Crippen LogP contribution in [-0.4, -0.2) is 40.6 Å². The Morgan fingerprint density at radius 1 is 1.21 bits per heavy atom. The van der Waals surface area contributed by atoms with E-state index in [0.29, 0.717) is 18.9 Å². The number of carbonyl (C=O) groups excluding carboxylic acids is 2. The number of unbranched alkanes of at least 4 members (excludes halogenated alkanes) is 1. The van der Waals surface area contributed by atoms with Crippen LogP contribution in [0.1, 0.15) is 90.6 Å². The molecular weight excluding hydrogens is 414 g/mol. The minimum Gasteiger partial charge on any atom is -0.444 e. The van der Waals surface area contributed by atoms with Crippen LogP contribution in [0, 0.1) is 12.8 Å². The van der Waals surface area contributed by atoms with E-state index >= 15 is 0 Å². The lowest BCUT2D eigenvalue weighted by atomic mass is 9.89. The van der Waals surface area contributed by atoms with Crippen LogP contribution in [-0.2, 0) is 16.0 Å². The van der Waals surface area contributed by atoms with Crippen LogP contribution in [0.3, 0.4) is 0 Å². The van der Waals surface area contributed by atoms with Crippen LogP contribution in [0.2, 0.25) is 0 Å². The molecule has 1 aliphatic heterocycles. The van der Waals surface area contributed by atoms with Crippen molar-refractivity contribution < 1.29 is 14.3 Å². The number of aromatic amines is 1. The number of amides is 2. The van der Waals surface area contributed by atoms with Crippen LogP contribution in [0.5, 0.6) is 0 Å². The number of nitrogens with one attached hydrogen (secondary N) is 2. The summed E-state index contributed by atoms with van der Waals surface area (Å²) in [5, 5.41) is 4.05. The lowest BCUT2D eigenvalue weighted by molar-refractivity contribution is -0.135. The highest BCUT2D eigenvalue weighted by Crippen LogP contribution is 2.39. The van der Waals surface area contributed by atoms with E-state index in [0.717, 1.165) is 31.3 Å². The molecule has 2 N–H and O–H groups in total. The van der Waals surface area contributed by atoms with Gasteiger partial charge in [-0.3, -0.25) is 4.79 Å². The molecule has 2 amide bonds. The monoisotopic (exact) mass is 457 g/mol. The summed E-state index contributed by atoms with van der Waals surface area (Å²) in [6.07, 6.45) is 2.47.